The van der Waals surface area contributed by atoms with Crippen molar-refractivity contribution in [3.63, 3.8) is 0 Å². The van der Waals surface area contributed by atoms with E-state index in [9.17, 15) is 4.79 Å². The van der Waals surface area contributed by atoms with Crippen molar-refractivity contribution in [2.24, 2.45) is 0 Å². The molecule has 0 aromatic carbocycles. The van der Waals surface area contributed by atoms with E-state index in [2.05, 4.69) is 34.0 Å². The molecule has 1 fully saturated rings. The zero-order valence-electron chi connectivity index (χ0n) is 16.3. The summed E-state index contributed by atoms with van der Waals surface area (Å²) in [6, 6.07) is 0. The van der Waals surface area contributed by atoms with Crippen molar-refractivity contribution >= 4 is 27.5 Å². The molecule has 0 unspecified atom stereocenters. The summed E-state index contributed by atoms with van der Waals surface area (Å²) in [4.78, 5) is 26.0. The standard InChI is InChI=1S/C19H28N4O2S/c1-6-14-21-13(3)15-12(2)16(26-18(15)22-14)17(24)20-11-19(4,5)23-7-9-25-10-8-23/h6-11H2,1-5H3,(H,20,24). The number of carbonyl (C=O) groups excluding carboxylic acids is 1. The minimum absolute atomic E-state index is 0.0238. The summed E-state index contributed by atoms with van der Waals surface area (Å²) >= 11 is 1.47. The summed E-state index contributed by atoms with van der Waals surface area (Å²) in [5.74, 6) is 0.806. The molecule has 142 valence electrons. The first-order valence-electron chi connectivity index (χ1n) is 9.21. The number of fused-ring (bicyclic) bond motifs is 1. The van der Waals surface area contributed by atoms with Gasteiger partial charge in [-0.3, -0.25) is 9.69 Å². The van der Waals surface area contributed by atoms with Crippen molar-refractivity contribution in [2.45, 2.75) is 46.6 Å². The van der Waals surface area contributed by atoms with Crippen LogP contribution in [0, 0.1) is 13.8 Å². The Hall–Kier alpha value is -1.57. The summed E-state index contributed by atoms with van der Waals surface area (Å²) in [6.45, 7) is 14.3. The second-order valence-electron chi connectivity index (χ2n) is 7.41. The lowest BCUT2D eigenvalue weighted by Gasteiger charge is -2.40. The average molecular weight is 377 g/mol. The van der Waals surface area contributed by atoms with Crippen LogP contribution in [-0.4, -0.2) is 59.2 Å². The van der Waals surface area contributed by atoms with Crippen LogP contribution in [0.15, 0.2) is 0 Å². The van der Waals surface area contributed by atoms with Gasteiger partial charge in [0.25, 0.3) is 5.91 Å². The fourth-order valence-electron chi connectivity index (χ4n) is 3.43. The zero-order valence-corrected chi connectivity index (χ0v) is 17.1. The Balaban J connectivity index is 1.77. The minimum Gasteiger partial charge on any atom is -0.379 e. The second kappa shape index (κ2) is 7.58. The van der Waals surface area contributed by atoms with Gasteiger partial charge in [0, 0.05) is 42.7 Å². The van der Waals surface area contributed by atoms with Crippen LogP contribution in [0.5, 0.6) is 0 Å². The van der Waals surface area contributed by atoms with Crippen molar-refractivity contribution in [3.8, 4) is 0 Å². The fourth-order valence-corrected chi connectivity index (χ4v) is 4.59. The number of morpholine rings is 1. The van der Waals surface area contributed by atoms with Crippen molar-refractivity contribution in [1.29, 1.82) is 0 Å². The molecule has 2 aromatic rings. The van der Waals surface area contributed by atoms with Crippen LogP contribution in [0.1, 0.15) is 47.5 Å². The predicted octanol–water partition coefficient (Wildman–Crippen LogP) is 2.71. The summed E-state index contributed by atoms with van der Waals surface area (Å²) < 4.78 is 5.43. The lowest BCUT2D eigenvalue weighted by atomic mass is 10.0. The summed E-state index contributed by atoms with van der Waals surface area (Å²) in [5, 5.41) is 4.15. The number of ether oxygens (including phenoxy) is 1. The molecule has 3 heterocycles. The third kappa shape index (κ3) is 3.75. The molecule has 6 nitrogen and oxygen atoms in total. The molecule has 7 heteroatoms. The first-order valence-corrected chi connectivity index (χ1v) is 10.0. The molecule has 1 aliphatic rings. The number of nitrogens with one attached hydrogen (secondary N) is 1. The van der Waals surface area contributed by atoms with E-state index in [4.69, 9.17) is 4.74 Å². The van der Waals surface area contributed by atoms with Gasteiger partial charge in [0.15, 0.2) is 0 Å². The van der Waals surface area contributed by atoms with Gasteiger partial charge < -0.3 is 10.1 Å². The van der Waals surface area contributed by atoms with E-state index in [-0.39, 0.29) is 11.4 Å². The van der Waals surface area contributed by atoms with E-state index in [1.165, 1.54) is 11.3 Å². The Kier molecular flexibility index (Phi) is 5.60. The van der Waals surface area contributed by atoms with Gasteiger partial charge in [-0.25, -0.2) is 9.97 Å². The molecule has 0 spiro atoms. The predicted molar refractivity (Wildman–Crippen MR) is 105 cm³/mol. The second-order valence-corrected chi connectivity index (χ2v) is 8.41. The lowest BCUT2D eigenvalue weighted by molar-refractivity contribution is -0.00922. The van der Waals surface area contributed by atoms with E-state index in [0.717, 1.165) is 64.9 Å². The Morgan fingerprint density at radius 2 is 1.96 bits per heavy atom. The van der Waals surface area contributed by atoms with Crippen molar-refractivity contribution in [1.82, 2.24) is 20.2 Å². The highest BCUT2D eigenvalue weighted by molar-refractivity contribution is 7.20. The highest BCUT2D eigenvalue weighted by atomic mass is 32.1. The van der Waals surface area contributed by atoms with E-state index < -0.39 is 0 Å². The van der Waals surface area contributed by atoms with Crippen LogP contribution < -0.4 is 5.32 Å². The Labute approximate surface area is 159 Å². The Bertz CT molecular complexity index is 809. The van der Waals surface area contributed by atoms with Crippen LogP contribution in [0.3, 0.4) is 0 Å². The monoisotopic (exact) mass is 376 g/mol. The van der Waals surface area contributed by atoms with Gasteiger partial charge in [0.1, 0.15) is 10.7 Å². The summed E-state index contributed by atoms with van der Waals surface area (Å²) in [6.07, 6.45) is 0.795. The molecule has 26 heavy (non-hydrogen) atoms. The maximum absolute atomic E-state index is 12.8. The molecule has 0 saturated carbocycles. The highest BCUT2D eigenvalue weighted by Gasteiger charge is 2.29. The topological polar surface area (TPSA) is 67.4 Å². The molecule has 0 aliphatic carbocycles. The molecule has 3 rings (SSSR count). The van der Waals surface area contributed by atoms with Crippen molar-refractivity contribution in [3.05, 3.63) is 22.0 Å². The maximum Gasteiger partial charge on any atom is 0.261 e. The van der Waals surface area contributed by atoms with Crippen LogP contribution in [-0.2, 0) is 11.2 Å². The molecule has 0 radical (unpaired) electrons. The number of hydrogen-bond acceptors (Lipinski definition) is 6. The fraction of sp³-hybridized carbons (Fsp3) is 0.632. The van der Waals surface area contributed by atoms with E-state index in [0.29, 0.717) is 6.54 Å². The largest absolute Gasteiger partial charge is 0.379 e. The Morgan fingerprint density at radius 1 is 1.27 bits per heavy atom. The van der Waals surface area contributed by atoms with Gasteiger partial charge >= 0.3 is 0 Å². The first-order chi connectivity index (χ1) is 12.3. The van der Waals surface area contributed by atoms with Gasteiger partial charge in [0.2, 0.25) is 0 Å². The number of hydrogen-bond donors (Lipinski definition) is 1. The number of aromatic nitrogens is 2. The van der Waals surface area contributed by atoms with E-state index in [1.807, 2.05) is 20.8 Å². The third-order valence-corrected chi connectivity index (χ3v) is 6.27. The lowest BCUT2D eigenvalue weighted by Crippen LogP contribution is -2.55. The molecule has 1 N–H and O–H groups in total. The molecule has 0 bridgehead atoms. The zero-order chi connectivity index (χ0) is 18.9. The number of rotatable bonds is 5. The average Bonchev–Trinajstić information content (AvgIpc) is 2.97. The number of amides is 1. The highest BCUT2D eigenvalue weighted by Crippen LogP contribution is 2.31. The minimum atomic E-state index is -0.102. The van der Waals surface area contributed by atoms with Crippen molar-refractivity contribution < 1.29 is 9.53 Å². The molecular weight excluding hydrogens is 348 g/mol. The smallest absolute Gasteiger partial charge is 0.261 e. The quantitative estimate of drug-likeness (QED) is 0.869. The summed E-state index contributed by atoms with van der Waals surface area (Å²) in [7, 11) is 0. The Morgan fingerprint density at radius 3 is 2.62 bits per heavy atom. The van der Waals surface area contributed by atoms with Gasteiger partial charge in [-0.15, -0.1) is 11.3 Å². The number of aryl methyl sites for hydroxylation is 3. The van der Waals surface area contributed by atoms with E-state index in [1.54, 1.807) is 0 Å². The normalized spacial score (nSPS) is 16.2. The molecule has 0 atom stereocenters. The van der Waals surface area contributed by atoms with Crippen LogP contribution in [0.25, 0.3) is 10.2 Å². The molecule has 2 aromatic heterocycles. The van der Waals surface area contributed by atoms with Gasteiger partial charge in [-0.05, 0) is 33.3 Å². The van der Waals surface area contributed by atoms with Crippen molar-refractivity contribution in [2.75, 3.05) is 32.8 Å². The maximum atomic E-state index is 12.8. The van der Waals surface area contributed by atoms with Gasteiger partial charge in [0.05, 0.1) is 18.1 Å². The third-order valence-electron chi connectivity index (χ3n) is 5.09. The molecule has 1 amide bonds. The van der Waals surface area contributed by atoms with Gasteiger partial charge in [-0.2, -0.15) is 0 Å². The first kappa shape index (κ1) is 19.2. The van der Waals surface area contributed by atoms with Crippen LogP contribution >= 0.6 is 11.3 Å². The van der Waals surface area contributed by atoms with Gasteiger partial charge in [-0.1, -0.05) is 6.92 Å². The van der Waals surface area contributed by atoms with Crippen LogP contribution in [0.4, 0.5) is 0 Å². The molecule has 1 saturated heterocycles. The summed E-state index contributed by atoms with van der Waals surface area (Å²) in [5.41, 5.74) is 1.83. The number of nitrogens with zero attached hydrogens (tertiary/aromatic N) is 3. The van der Waals surface area contributed by atoms with Crippen LogP contribution in [0.2, 0.25) is 0 Å². The van der Waals surface area contributed by atoms with E-state index >= 15 is 0 Å². The number of thiophene rings is 1. The SMILES string of the molecule is CCc1nc(C)c2c(C)c(C(=O)NCC(C)(C)N3CCOCC3)sc2n1. The number of carbonyl (C=O) groups is 1. The molecule has 1 aliphatic heterocycles. The molecular formula is C19H28N4O2S.